The van der Waals surface area contributed by atoms with Gasteiger partial charge in [-0.3, -0.25) is 9.48 Å². The zero-order valence-corrected chi connectivity index (χ0v) is 15.2. The van der Waals surface area contributed by atoms with E-state index in [2.05, 4.69) is 5.10 Å². The molecule has 138 valence electrons. The molecule has 26 heavy (non-hydrogen) atoms. The Labute approximate surface area is 156 Å². The van der Waals surface area contributed by atoms with Gasteiger partial charge in [-0.2, -0.15) is 5.10 Å². The fourth-order valence-electron chi connectivity index (χ4n) is 3.22. The number of hydrogen-bond donors (Lipinski definition) is 1. The third-order valence-corrected chi connectivity index (χ3v) is 5.00. The monoisotopic (exact) mass is 377 g/mol. The molecule has 8 heteroatoms. The summed E-state index contributed by atoms with van der Waals surface area (Å²) in [5, 5.41) is 14.5. The number of aliphatic hydroxyl groups excluding tert-OH is 1. The molecule has 0 bridgehead atoms. The molecule has 0 unspecified atom stereocenters. The fraction of sp³-hybridized carbons (Fsp3) is 0.444. The average Bonchev–Trinajstić information content (AvgIpc) is 3.06. The number of carbonyl (C=O) groups is 1. The van der Waals surface area contributed by atoms with E-state index in [0.29, 0.717) is 55.1 Å². The number of hydrogen-bond acceptors (Lipinski definition) is 5. The van der Waals surface area contributed by atoms with Crippen LogP contribution in [0.15, 0.2) is 18.2 Å². The van der Waals surface area contributed by atoms with Gasteiger partial charge in [0.2, 0.25) is 5.91 Å². The summed E-state index contributed by atoms with van der Waals surface area (Å²) in [6, 6.07) is 5.34. The van der Waals surface area contributed by atoms with E-state index in [4.69, 9.17) is 21.1 Å². The van der Waals surface area contributed by atoms with Crippen molar-refractivity contribution in [3.05, 3.63) is 40.2 Å². The van der Waals surface area contributed by atoms with Crippen molar-refractivity contribution in [2.24, 2.45) is 0 Å². The lowest BCUT2D eigenvalue weighted by molar-refractivity contribution is -0.132. The topological polar surface area (TPSA) is 76.8 Å². The van der Waals surface area contributed by atoms with Crippen LogP contribution in [-0.4, -0.2) is 45.5 Å². The van der Waals surface area contributed by atoms with Gasteiger partial charge in [-0.15, -0.1) is 0 Å². The normalized spacial score (nSPS) is 17.0. The van der Waals surface area contributed by atoms with Crippen LogP contribution < -0.4 is 9.47 Å². The Hall–Kier alpha value is -2.25. The molecule has 1 atom stereocenters. The lowest BCUT2D eigenvalue weighted by Gasteiger charge is -2.28. The van der Waals surface area contributed by atoms with Crippen molar-refractivity contribution in [1.29, 1.82) is 0 Å². The number of fused-ring (bicyclic) bond motifs is 2. The molecule has 7 nitrogen and oxygen atoms in total. The molecule has 0 spiro atoms. The van der Waals surface area contributed by atoms with Crippen LogP contribution in [0.25, 0.3) is 0 Å². The SMILES string of the molecule is C[C@@H](O)c1cc2n(n1)CCN(C(=O)Cc1cc3c(cc1Cl)OCCO3)C2. The predicted octanol–water partition coefficient (Wildman–Crippen LogP) is 1.95. The Balaban J connectivity index is 1.48. The number of ether oxygens (including phenoxy) is 2. The summed E-state index contributed by atoms with van der Waals surface area (Å²) in [7, 11) is 0. The Morgan fingerprint density at radius 1 is 1.27 bits per heavy atom. The molecule has 1 amide bonds. The van der Waals surface area contributed by atoms with E-state index in [0.717, 1.165) is 11.3 Å². The minimum Gasteiger partial charge on any atom is -0.486 e. The van der Waals surface area contributed by atoms with E-state index in [-0.39, 0.29) is 12.3 Å². The molecule has 2 aromatic rings. The zero-order valence-electron chi connectivity index (χ0n) is 14.4. The van der Waals surface area contributed by atoms with E-state index in [9.17, 15) is 9.90 Å². The molecule has 1 aromatic heterocycles. The van der Waals surface area contributed by atoms with Crippen LogP contribution in [0.2, 0.25) is 5.02 Å². The second-order valence-electron chi connectivity index (χ2n) is 6.54. The molecule has 1 aromatic carbocycles. The second-order valence-corrected chi connectivity index (χ2v) is 6.95. The van der Waals surface area contributed by atoms with Gasteiger partial charge in [-0.1, -0.05) is 11.6 Å². The van der Waals surface area contributed by atoms with Gasteiger partial charge in [-0.05, 0) is 24.6 Å². The Bertz CT molecular complexity index is 849. The number of carbonyl (C=O) groups excluding carboxylic acids is 1. The van der Waals surface area contributed by atoms with Gasteiger partial charge in [-0.25, -0.2) is 0 Å². The lowest BCUT2D eigenvalue weighted by Crippen LogP contribution is -2.39. The van der Waals surface area contributed by atoms with Crippen LogP contribution in [0.4, 0.5) is 0 Å². The molecule has 3 heterocycles. The highest BCUT2D eigenvalue weighted by Crippen LogP contribution is 2.35. The second kappa shape index (κ2) is 6.81. The molecule has 0 fully saturated rings. The summed E-state index contributed by atoms with van der Waals surface area (Å²) in [5.74, 6) is 1.24. The van der Waals surface area contributed by atoms with E-state index >= 15 is 0 Å². The van der Waals surface area contributed by atoms with Crippen molar-refractivity contribution in [3.63, 3.8) is 0 Å². The molecular formula is C18H20ClN3O4. The maximum Gasteiger partial charge on any atom is 0.227 e. The maximum absolute atomic E-state index is 12.8. The number of benzene rings is 1. The van der Waals surface area contributed by atoms with Gasteiger partial charge >= 0.3 is 0 Å². The predicted molar refractivity (Wildman–Crippen MR) is 94.4 cm³/mol. The van der Waals surface area contributed by atoms with Gasteiger partial charge in [0.1, 0.15) is 13.2 Å². The summed E-state index contributed by atoms with van der Waals surface area (Å²) >= 11 is 6.32. The van der Waals surface area contributed by atoms with Crippen LogP contribution in [0.1, 0.15) is 30.0 Å². The number of amides is 1. The standard InChI is InChI=1S/C18H20ClN3O4/c1-11(23)15-8-13-10-21(2-3-22(13)20-15)18(24)7-12-6-16-17(9-14(12)19)26-5-4-25-16/h6,8-9,11,23H,2-5,7,10H2,1H3/t11-/m1/s1. The number of nitrogens with zero attached hydrogens (tertiary/aromatic N) is 3. The van der Waals surface area contributed by atoms with E-state index < -0.39 is 6.10 Å². The van der Waals surface area contributed by atoms with Crippen molar-refractivity contribution < 1.29 is 19.4 Å². The molecule has 0 saturated heterocycles. The number of aliphatic hydroxyl groups is 1. The van der Waals surface area contributed by atoms with Crippen LogP contribution in [-0.2, 0) is 24.3 Å². The van der Waals surface area contributed by atoms with Crippen molar-refractivity contribution in [3.8, 4) is 11.5 Å². The molecule has 0 saturated carbocycles. The summed E-state index contributed by atoms with van der Waals surface area (Å²) in [5.41, 5.74) is 2.28. The van der Waals surface area contributed by atoms with Gasteiger partial charge in [0, 0.05) is 17.6 Å². The Morgan fingerprint density at radius 3 is 2.73 bits per heavy atom. The van der Waals surface area contributed by atoms with Crippen molar-refractivity contribution in [1.82, 2.24) is 14.7 Å². The van der Waals surface area contributed by atoms with Gasteiger partial charge < -0.3 is 19.5 Å². The Morgan fingerprint density at radius 2 is 2.00 bits per heavy atom. The van der Waals surface area contributed by atoms with E-state index in [1.54, 1.807) is 24.0 Å². The first kappa shape index (κ1) is 17.2. The number of rotatable bonds is 3. The number of halogens is 1. The maximum atomic E-state index is 12.8. The van der Waals surface area contributed by atoms with Crippen LogP contribution in [0, 0.1) is 0 Å². The highest BCUT2D eigenvalue weighted by atomic mass is 35.5. The van der Waals surface area contributed by atoms with Gasteiger partial charge in [0.05, 0.1) is 37.0 Å². The summed E-state index contributed by atoms with van der Waals surface area (Å²) < 4.78 is 12.9. The first-order valence-electron chi connectivity index (χ1n) is 8.62. The summed E-state index contributed by atoms with van der Waals surface area (Å²) in [6.45, 7) is 4.33. The third kappa shape index (κ3) is 3.24. The fourth-order valence-corrected chi connectivity index (χ4v) is 3.44. The summed E-state index contributed by atoms with van der Waals surface area (Å²) in [4.78, 5) is 14.5. The molecule has 4 rings (SSSR count). The molecule has 1 N–H and O–H groups in total. The quantitative estimate of drug-likeness (QED) is 0.884. The largest absolute Gasteiger partial charge is 0.486 e. The first-order valence-corrected chi connectivity index (χ1v) is 8.99. The first-order chi connectivity index (χ1) is 12.5. The number of aromatic nitrogens is 2. The van der Waals surface area contributed by atoms with Crippen molar-refractivity contribution in [2.75, 3.05) is 19.8 Å². The third-order valence-electron chi connectivity index (χ3n) is 4.65. The highest BCUT2D eigenvalue weighted by molar-refractivity contribution is 6.31. The highest BCUT2D eigenvalue weighted by Gasteiger charge is 2.24. The van der Waals surface area contributed by atoms with Crippen LogP contribution >= 0.6 is 11.6 Å². The zero-order chi connectivity index (χ0) is 18.3. The molecule has 0 aliphatic carbocycles. The average molecular weight is 378 g/mol. The minimum atomic E-state index is -0.617. The lowest BCUT2D eigenvalue weighted by atomic mass is 10.1. The van der Waals surface area contributed by atoms with Gasteiger partial charge in [0.15, 0.2) is 11.5 Å². The smallest absolute Gasteiger partial charge is 0.227 e. The van der Waals surface area contributed by atoms with Crippen molar-refractivity contribution >= 4 is 17.5 Å². The molecule has 2 aliphatic rings. The van der Waals surface area contributed by atoms with E-state index in [1.165, 1.54) is 0 Å². The van der Waals surface area contributed by atoms with Crippen LogP contribution in [0.5, 0.6) is 11.5 Å². The van der Waals surface area contributed by atoms with Gasteiger partial charge in [0.25, 0.3) is 0 Å². The van der Waals surface area contributed by atoms with Crippen LogP contribution in [0.3, 0.4) is 0 Å². The molecular weight excluding hydrogens is 358 g/mol. The van der Waals surface area contributed by atoms with Crippen molar-refractivity contribution in [2.45, 2.75) is 32.5 Å². The Kier molecular flexibility index (Phi) is 4.50. The molecule has 2 aliphatic heterocycles. The minimum absolute atomic E-state index is 0.00498. The summed E-state index contributed by atoms with van der Waals surface area (Å²) in [6.07, 6.45) is -0.416. The van der Waals surface area contributed by atoms with E-state index in [1.807, 2.05) is 10.7 Å². The molecule has 0 radical (unpaired) electrons.